The van der Waals surface area contributed by atoms with Crippen LogP contribution in [-0.2, 0) is 19.6 Å². The van der Waals surface area contributed by atoms with Crippen LogP contribution in [0.1, 0.15) is 25.7 Å². The van der Waals surface area contributed by atoms with Crippen LogP contribution in [0, 0.1) is 5.92 Å². The van der Waals surface area contributed by atoms with Gasteiger partial charge in [-0.15, -0.1) is 13.2 Å². The summed E-state index contributed by atoms with van der Waals surface area (Å²) in [5.74, 6) is -0.280. The SMILES string of the molecule is COC(=CC(=O)NC1CC1)C1CCN(S(=O)(=O)c2ccc(OC(F)(F)F)cc2)CC1. The number of allylic oxidation sites excluding steroid dienone is 1. The Morgan fingerprint density at radius 3 is 2.23 bits per heavy atom. The molecule has 0 radical (unpaired) electrons. The molecule has 0 unspecified atom stereocenters. The lowest BCUT2D eigenvalue weighted by molar-refractivity contribution is -0.274. The molecule has 1 aromatic carbocycles. The maximum Gasteiger partial charge on any atom is 0.573 e. The molecule has 3 rings (SSSR count). The first kappa shape index (κ1) is 22.4. The summed E-state index contributed by atoms with van der Waals surface area (Å²) in [6.45, 7) is 0.414. The maximum absolute atomic E-state index is 12.8. The molecule has 1 heterocycles. The van der Waals surface area contributed by atoms with E-state index in [2.05, 4.69) is 10.1 Å². The third-order valence-electron chi connectivity index (χ3n) is 4.98. The van der Waals surface area contributed by atoms with Crippen molar-refractivity contribution >= 4 is 15.9 Å². The Morgan fingerprint density at radius 2 is 1.73 bits per heavy atom. The van der Waals surface area contributed by atoms with Crippen LogP contribution in [0.15, 0.2) is 41.0 Å². The number of piperidine rings is 1. The van der Waals surface area contributed by atoms with Crippen LogP contribution in [0.4, 0.5) is 13.2 Å². The number of nitrogens with zero attached hydrogens (tertiary/aromatic N) is 1. The molecule has 1 N–H and O–H groups in total. The minimum absolute atomic E-state index is 0.0889. The highest BCUT2D eigenvalue weighted by molar-refractivity contribution is 7.89. The molecule has 0 aromatic heterocycles. The van der Waals surface area contributed by atoms with Crippen molar-refractivity contribution in [2.45, 2.75) is 43.0 Å². The molecule has 0 bridgehead atoms. The zero-order valence-electron chi connectivity index (χ0n) is 16.3. The van der Waals surface area contributed by atoms with Gasteiger partial charge in [0, 0.05) is 31.1 Å². The topological polar surface area (TPSA) is 84.9 Å². The Balaban J connectivity index is 1.61. The minimum atomic E-state index is -4.84. The first-order valence-corrected chi connectivity index (χ1v) is 10.9. The summed E-state index contributed by atoms with van der Waals surface area (Å²) in [7, 11) is -2.38. The van der Waals surface area contributed by atoms with E-state index in [-0.39, 0.29) is 35.9 Å². The van der Waals surface area contributed by atoms with E-state index in [4.69, 9.17) is 4.74 Å². The molecule has 1 aromatic rings. The van der Waals surface area contributed by atoms with Crippen LogP contribution in [0.3, 0.4) is 0 Å². The van der Waals surface area contributed by atoms with E-state index < -0.39 is 22.1 Å². The van der Waals surface area contributed by atoms with Gasteiger partial charge in [0.2, 0.25) is 15.9 Å². The number of sulfonamides is 1. The average Bonchev–Trinajstić information content (AvgIpc) is 3.49. The van der Waals surface area contributed by atoms with Gasteiger partial charge in [0.1, 0.15) is 11.5 Å². The van der Waals surface area contributed by atoms with Gasteiger partial charge in [0.05, 0.1) is 12.0 Å². The van der Waals surface area contributed by atoms with E-state index in [1.807, 2.05) is 0 Å². The highest BCUT2D eigenvalue weighted by Gasteiger charge is 2.33. The summed E-state index contributed by atoms with van der Waals surface area (Å²) in [4.78, 5) is 11.9. The maximum atomic E-state index is 12.8. The standard InChI is InChI=1S/C19H23F3N2O5S/c1-28-17(12-18(25)23-14-2-3-14)13-8-10-24(11-9-13)30(26,27)16-6-4-15(5-7-16)29-19(20,21)22/h4-7,12-14H,2-3,8-11H2,1H3,(H,23,25). The second kappa shape index (κ2) is 8.84. The molecule has 7 nitrogen and oxygen atoms in total. The molecule has 30 heavy (non-hydrogen) atoms. The number of ether oxygens (including phenoxy) is 2. The van der Waals surface area contributed by atoms with Gasteiger partial charge in [-0.05, 0) is 49.9 Å². The van der Waals surface area contributed by atoms with Crippen molar-refractivity contribution in [3.05, 3.63) is 36.1 Å². The predicted octanol–water partition coefficient (Wildman–Crippen LogP) is 2.79. The number of hydrogen-bond donors (Lipinski definition) is 1. The third kappa shape index (κ3) is 5.88. The average molecular weight is 448 g/mol. The minimum Gasteiger partial charge on any atom is -0.501 e. The van der Waals surface area contributed by atoms with E-state index in [0.717, 1.165) is 37.1 Å². The molecular formula is C19H23F3N2O5S. The summed E-state index contributed by atoms with van der Waals surface area (Å²) in [5, 5.41) is 2.85. The second-order valence-electron chi connectivity index (χ2n) is 7.23. The number of benzene rings is 1. The number of amides is 1. The molecule has 1 saturated carbocycles. The van der Waals surface area contributed by atoms with Gasteiger partial charge in [-0.1, -0.05) is 0 Å². The van der Waals surface area contributed by atoms with E-state index in [1.165, 1.54) is 17.5 Å². The van der Waals surface area contributed by atoms with Gasteiger partial charge >= 0.3 is 6.36 Å². The first-order chi connectivity index (χ1) is 14.1. The van der Waals surface area contributed by atoms with Crippen molar-refractivity contribution < 1.29 is 35.9 Å². The van der Waals surface area contributed by atoms with Crippen molar-refractivity contribution in [2.24, 2.45) is 5.92 Å². The summed E-state index contributed by atoms with van der Waals surface area (Å²) in [6.07, 6.45) is -0.546. The lowest BCUT2D eigenvalue weighted by Crippen LogP contribution is -2.39. The smallest absolute Gasteiger partial charge is 0.501 e. The molecule has 2 fully saturated rings. The van der Waals surface area contributed by atoms with Crippen LogP contribution < -0.4 is 10.1 Å². The number of methoxy groups -OCH3 is 1. The fourth-order valence-electron chi connectivity index (χ4n) is 3.29. The first-order valence-electron chi connectivity index (χ1n) is 9.50. The number of hydrogen-bond acceptors (Lipinski definition) is 5. The summed E-state index contributed by atoms with van der Waals surface area (Å²) < 4.78 is 72.7. The van der Waals surface area contributed by atoms with Gasteiger partial charge in [-0.2, -0.15) is 4.31 Å². The fraction of sp³-hybridized carbons (Fsp3) is 0.526. The van der Waals surface area contributed by atoms with Crippen LogP contribution >= 0.6 is 0 Å². The number of rotatable bonds is 7. The number of halogens is 3. The predicted molar refractivity (Wildman–Crippen MR) is 101 cm³/mol. The quantitative estimate of drug-likeness (QED) is 0.512. The molecule has 1 aliphatic carbocycles. The van der Waals surface area contributed by atoms with Crippen molar-refractivity contribution in [1.82, 2.24) is 9.62 Å². The number of alkyl halides is 3. The fourth-order valence-corrected chi connectivity index (χ4v) is 4.76. The largest absolute Gasteiger partial charge is 0.573 e. The van der Waals surface area contributed by atoms with E-state index in [9.17, 15) is 26.4 Å². The number of nitrogens with one attached hydrogen (secondary N) is 1. The van der Waals surface area contributed by atoms with Crippen molar-refractivity contribution in [3.8, 4) is 5.75 Å². The molecule has 1 saturated heterocycles. The van der Waals surface area contributed by atoms with Gasteiger partial charge in [-0.3, -0.25) is 4.79 Å². The van der Waals surface area contributed by atoms with E-state index in [1.54, 1.807) is 0 Å². The lowest BCUT2D eigenvalue weighted by atomic mass is 9.95. The number of carbonyl (C=O) groups is 1. The van der Waals surface area contributed by atoms with Crippen molar-refractivity contribution in [3.63, 3.8) is 0 Å². The summed E-state index contributed by atoms with van der Waals surface area (Å²) >= 11 is 0. The molecule has 1 aliphatic heterocycles. The zero-order chi connectivity index (χ0) is 21.9. The molecule has 166 valence electrons. The Bertz CT molecular complexity index is 888. The van der Waals surface area contributed by atoms with E-state index in [0.29, 0.717) is 18.6 Å². The molecule has 2 aliphatic rings. The second-order valence-corrected chi connectivity index (χ2v) is 9.17. The Labute approximate surface area is 172 Å². The molecule has 0 spiro atoms. The van der Waals surface area contributed by atoms with E-state index >= 15 is 0 Å². The van der Waals surface area contributed by atoms with Crippen LogP contribution in [0.25, 0.3) is 0 Å². The van der Waals surface area contributed by atoms with Gasteiger partial charge in [0.25, 0.3) is 0 Å². The van der Waals surface area contributed by atoms with Crippen molar-refractivity contribution in [2.75, 3.05) is 20.2 Å². The normalized spacial score (nSPS) is 19.4. The summed E-state index contributed by atoms with van der Waals surface area (Å²) in [6, 6.07) is 4.34. The zero-order valence-corrected chi connectivity index (χ0v) is 17.1. The Kier molecular flexibility index (Phi) is 6.61. The van der Waals surface area contributed by atoms with Crippen LogP contribution in [0.5, 0.6) is 5.75 Å². The highest BCUT2D eigenvalue weighted by atomic mass is 32.2. The van der Waals surface area contributed by atoms with Crippen LogP contribution in [-0.4, -0.2) is 51.2 Å². The molecule has 11 heteroatoms. The Hall–Kier alpha value is -2.27. The van der Waals surface area contributed by atoms with Gasteiger partial charge in [0.15, 0.2) is 0 Å². The lowest BCUT2D eigenvalue weighted by Gasteiger charge is -2.31. The molecule has 0 atom stereocenters. The monoisotopic (exact) mass is 448 g/mol. The van der Waals surface area contributed by atoms with Gasteiger partial charge in [-0.25, -0.2) is 8.42 Å². The van der Waals surface area contributed by atoms with Crippen molar-refractivity contribution in [1.29, 1.82) is 0 Å². The number of carbonyl (C=O) groups excluding carboxylic acids is 1. The molecular weight excluding hydrogens is 425 g/mol. The highest BCUT2D eigenvalue weighted by Crippen LogP contribution is 2.30. The van der Waals surface area contributed by atoms with Crippen LogP contribution in [0.2, 0.25) is 0 Å². The molecule has 1 amide bonds. The Morgan fingerprint density at radius 1 is 1.13 bits per heavy atom. The summed E-state index contributed by atoms with van der Waals surface area (Å²) in [5.41, 5.74) is 0. The van der Waals surface area contributed by atoms with Gasteiger partial charge < -0.3 is 14.8 Å². The third-order valence-corrected chi connectivity index (χ3v) is 6.90.